The van der Waals surface area contributed by atoms with Gasteiger partial charge in [-0.3, -0.25) is 4.79 Å². The second-order valence-electron chi connectivity index (χ2n) is 5.99. The van der Waals surface area contributed by atoms with Crippen LogP contribution in [0.15, 0.2) is 41.4 Å². The number of carbonyl (C=O) groups is 2. The number of amides is 1. The molecule has 0 bridgehead atoms. The molecule has 1 aromatic rings. The van der Waals surface area contributed by atoms with Gasteiger partial charge in [-0.15, -0.1) is 6.58 Å². The Morgan fingerprint density at radius 2 is 2.12 bits per heavy atom. The molecule has 1 aliphatic rings. The van der Waals surface area contributed by atoms with Crippen molar-refractivity contribution >= 4 is 27.8 Å². The molecule has 1 amide bonds. The smallest absolute Gasteiger partial charge is 0.328 e. The number of benzene rings is 1. The number of hydrogen-bond donors (Lipinski definition) is 2. The van der Waals surface area contributed by atoms with E-state index in [1.807, 2.05) is 24.3 Å². The molecule has 0 saturated heterocycles. The van der Waals surface area contributed by atoms with Crippen molar-refractivity contribution in [2.45, 2.75) is 37.1 Å². The largest absolute Gasteiger partial charge is 0.480 e. The summed E-state index contributed by atoms with van der Waals surface area (Å²) in [7, 11) is 0. The highest BCUT2D eigenvalue weighted by molar-refractivity contribution is 9.10. The van der Waals surface area contributed by atoms with E-state index in [2.05, 4.69) is 27.8 Å². The summed E-state index contributed by atoms with van der Waals surface area (Å²) in [6, 6.07) is 6.61. The number of halogens is 1. The molecule has 1 unspecified atom stereocenters. The SMILES string of the molecule is C=CCOCC(NC(=O)C1(c2cccc(Br)c2)CCCC1)C(=O)O. The van der Waals surface area contributed by atoms with Gasteiger partial charge in [0.1, 0.15) is 0 Å². The molecule has 0 aliphatic heterocycles. The first-order chi connectivity index (χ1) is 11.5. The summed E-state index contributed by atoms with van der Waals surface area (Å²) in [6.45, 7) is 3.69. The van der Waals surface area contributed by atoms with Crippen LogP contribution in [0.4, 0.5) is 0 Å². The second-order valence-corrected chi connectivity index (χ2v) is 6.91. The zero-order chi connectivity index (χ0) is 17.6. The van der Waals surface area contributed by atoms with Crippen LogP contribution in [0.1, 0.15) is 31.2 Å². The molecule has 1 fully saturated rings. The summed E-state index contributed by atoms with van der Waals surface area (Å²) in [5.74, 6) is -1.34. The molecule has 2 rings (SSSR count). The predicted octanol–water partition coefficient (Wildman–Crippen LogP) is 3.03. The minimum atomic E-state index is -1.10. The quantitative estimate of drug-likeness (QED) is 0.523. The van der Waals surface area contributed by atoms with E-state index < -0.39 is 17.4 Å². The third kappa shape index (κ3) is 4.24. The summed E-state index contributed by atoms with van der Waals surface area (Å²) in [6.07, 6.45) is 4.88. The van der Waals surface area contributed by atoms with Gasteiger partial charge in [-0.2, -0.15) is 0 Å². The number of nitrogens with one attached hydrogen (secondary N) is 1. The maximum Gasteiger partial charge on any atom is 0.328 e. The minimum absolute atomic E-state index is 0.0817. The Hall–Kier alpha value is -1.66. The van der Waals surface area contributed by atoms with Crippen molar-refractivity contribution in [2.75, 3.05) is 13.2 Å². The summed E-state index contributed by atoms with van der Waals surface area (Å²) in [5.41, 5.74) is 0.249. The van der Waals surface area contributed by atoms with E-state index in [4.69, 9.17) is 4.74 Å². The van der Waals surface area contributed by atoms with Gasteiger partial charge in [0.05, 0.1) is 18.6 Å². The summed E-state index contributed by atoms with van der Waals surface area (Å²) in [4.78, 5) is 24.4. The van der Waals surface area contributed by atoms with E-state index in [0.717, 1.165) is 35.7 Å². The maximum absolute atomic E-state index is 13.0. The Kier molecular flexibility index (Phi) is 6.57. The fourth-order valence-corrected chi connectivity index (χ4v) is 3.55. The molecule has 130 valence electrons. The molecule has 1 aliphatic carbocycles. The van der Waals surface area contributed by atoms with Crippen LogP contribution >= 0.6 is 15.9 Å². The number of ether oxygens (including phenoxy) is 1. The van der Waals surface area contributed by atoms with E-state index in [1.54, 1.807) is 6.08 Å². The van der Waals surface area contributed by atoms with E-state index in [-0.39, 0.29) is 19.1 Å². The van der Waals surface area contributed by atoms with Crippen LogP contribution in [0.2, 0.25) is 0 Å². The van der Waals surface area contributed by atoms with Crippen LogP contribution in [0, 0.1) is 0 Å². The predicted molar refractivity (Wildman–Crippen MR) is 94.9 cm³/mol. The van der Waals surface area contributed by atoms with Crippen molar-refractivity contribution < 1.29 is 19.4 Å². The van der Waals surface area contributed by atoms with E-state index >= 15 is 0 Å². The highest BCUT2D eigenvalue weighted by atomic mass is 79.9. The van der Waals surface area contributed by atoms with Crippen LogP contribution in [0.25, 0.3) is 0 Å². The molecule has 6 heteroatoms. The van der Waals surface area contributed by atoms with E-state index in [1.165, 1.54) is 0 Å². The van der Waals surface area contributed by atoms with Gasteiger partial charge in [-0.1, -0.05) is 47.0 Å². The second kappa shape index (κ2) is 8.44. The normalized spacial score (nSPS) is 17.2. The fraction of sp³-hybridized carbons (Fsp3) is 0.444. The number of carbonyl (C=O) groups excluding carboxylic acids is 1. The lowest BCUT2D eigenvalue weighted by Gasteiger charge is -2.30. The van der Waals surface area contributed by atoms with Gasteiger partial charge in [0.15, 0.2) is 6.04 Å². The average Bonchev–Trinajstić information content (AvgIpc) is 3.05. The molecule has 0 radical (unpaired) electrons. The van der Waals surface area contributed by atoms with Crippen LogP contribution in [-0.2, 0) is 19.7 Å². The lowest BCUT2D eigenvalue weighted by Crippen LogP contribution is -2.51. The van der Waals surface area contributed by atoms with Gasteiger partial charge < -0.3 is 15.2 Å². The Balaban J connectivity index is 2.19. The number of rotatable bonds is 8. The van der Waals surface area contributed by atoms with Gasteiger partial charge in [0.2, 0.25) is 5.91 Å². The molecule has 1 atom stereocenters. The average molecular weight is 396 g/mol. The van der Waals surface area contributed by atoms with Crippen molar-refractivity contribution in [1.29, 1.82) is 0 Å². The minimum Gasteiger partial charge on any atom is -0.480 e. The van der Waals surface area contributed by atoms with Crippen LogP contribution < -0.4 is 5.32 Å². The van der Waals surface area contributed by atoms with Crippen molar-refractivity contribution in [3.63, 3.8) is 0 Å². The first-order valence-corrected chi connectivity index (χ1v) is 8.77. The summed E-state index contributed by atoms with van der Waals surface area (Å²) < 4.78 is 6.11. The number of carboxylic acids is 1. The number of hydrogen-bond acceptors (Lipinski definition) is 3. The molecular weight excluding hydrogens is 374 g/mol. The number of aliphatic carboxylic acids is 1. The van der Waals surface area contributed by atoms with Crippen molar-refractivity contribution in [3.05, 3.63) is 47.0 Å². The van der Waals surface area contributed by atoms with Crippen LogP contribution in [0.3, 0.4) is 0 Å². The molecular formula is C18H22BrNO4. The molecule has 2 N–H and O–H groups in total. The first-order valence-electron chi connectivity index (χ1n) is 7.98. The summed E-state index contributed by atoms with van der Waals surface area (Å²) in [5, 5.41) is 12.0. The van der Waals surface area contributed by atoms with Gasteiger partial charge in [0, 0.05) is 4.47 Å². The molecule has 0 spiro atoms. The number of carboxylic acid groups (broad SMARTS) is 1. The molecule has 1 aromatic carbocycles. The molecule has 24 heavy (non-hydrogen) atoms. The Morgan fingerprint density at radius 3 is 2.71 bits per heavy atom. The maximum atomic E-state index is 13.0. The van der Waals surface area contributed by atoms with Crippen LogP contribution in [0.5, 0.6) is 0 Å². The van der Waals surface area contributed by atoms with Crippen LogP contribution in [-0.4, -0.2) is 36.2 Å². The Labute approximate surface area is 150 Å². The highest BCUT2D eigenvalue weighted by Crippen LogP contribution is 2.42. The zero-order valence-corrected chi connectivity index (χ0v) is 15.0. The fourth-order valence-electron chi connectivity index (χ4n) is 3.15. The van der Waals surface area contributed by atoms with E-state index in [9.17, 15) is 14.7 Å². The molecule has 0 aromatic heterocycles. The van der Waals surface area contributed by atoms with Gasteiger partial charge in [-0.25, -0.2) is 4.79 Å². The Morgan fingerprint density at radius 1 is 1.42 bits per heavy atom. The standard InChI is InChI=1S/C18H22BrNO4/c1-2-10-24-12-15(16(21)22)20-17(23)18(8-3-4-9-18)13-6-5-7-14(19)11-13/h2,5-7,11,15H,1,3-4,8-10,12H2,(H,20,23)(H,21,22). The lowest BCUT2D eigenvalue weighted by molar-refractivity contribution is -0.144. The van der Waals surface area contributed by atoms with Gasteiger partial charge in [-0.05, 0) is 30.5 Å². The topological polar surface area (TPSA) is 75.6 Å². The summed E-state index contributed by atoms with van der Waals surface area (Å²) >= 11 is 3.44. The Bertz CT molecular complexity index is 611. The van der Waals surface area contributed by atoms with Crippen molar-refractivity contribution in [1.82, 2.24) is 5.32 Å². The molecule has 5 nitrogen and oxygen atoms in total. The van der Waals surface area contributed by atoms with Crippen molar-refractivity contribution in [2.24, 2.45) is 0 Å². The lowest BCUT2D eigenvalue weighted by atomic mass is 9.78. The monoisotopic (exact) mass is 395 g/mol. The first kappa shape index (κ1) is 18.7. The zero-order valence-electron chi connectivity index (χ0n) is 13.5. The highest BCUT2D eigenvalue weighted by Gasteiger charge is 2.43. The van der Waals surface area contributed by atoms with Gasteiger partial charge in [0.25, 0.3) is 0 Å². The molecule has 0 heterocycles. The van der Waals surface area contributed by atoms with Crippen molar-refractivity contribution in [3.8, 4) is 0 Å². The third-order valence-corrected chi connectivity index (χ3v) is 4.89. The third-order valence-electron chi connectivity index (χ3n) is 4.39. The molecule has 1 saturated carbocycles. The van der Waals surface area contributed by atoms with Gasteiger partial charge >= 0.3 is 5.97 Å². The van der Waals surface area contributed by atoms with E-state index in [0.29, 0.717) is 0 Å².